The minimum absolute atomic E-state index is 0.139. The lowest BCUT2D eigenvalue weighted by molar-refractivity contribution is 0.0739. The molecule has 1 aromatic heterocycles. The summed E-state index contributed by atoms with van der Waals surface area (Å²) < 4.78 is 0. The van der Waals surface area contributed by atoms with Gasteiger partial charge in [0.15, 0.2) is 0 Å². The number of aromatic amines is 1. The SMILES string of the molecule is CCN(CC1CCCN1)C(=O)c1nn[nH]n1. The fraction of sp³-hybridized carbons (Fsp3) is 0.778. The Labute approximate surface area is 93.6 Å². The zero-order chi connectivity index (χ0) is 11.4. The van der Waals surface area contributed by atoms with Crippen LogP contribution in [0.25, 0.3) is 0 Å². The number of tetrazole rings is 1. The molecule has 88 valence electrons. The summed E-state index contributed by atoms with van der Waals surface area (Å²) in [5, 5.41) is 16.4. The van der Waals surface area contributed by atoms with Crippen LogP contribution in [0.15, 0.2) is 0 Å². The van der Waals surface area contributed by atoms with E-state index < -0.39 is 0 Å². The molecule has 1 saturated heterocycles. The summed E-state index contributed by atoms with van der Waals surface area (Å²) in [5.41, 5.74) is 0. The Morgan fingerprint density at radius 1 is 1.62 bits per heavy atom. The highest BCUT2D eigenvalue weighted by Gasteiger charge is 2.23. The molecule has 2 heterocycles. The van der Waals surface area contributed by atoms with Gasteiger partial charge in [0.1, 0.15) is 0 Å². The Balaban J connectivity index is 1.96. The fourth-order valence-corrected chi connectivity index (χ4v) is 1.93. The average molecular weight is 224 g/mol. The molecule has 0 spiro atoms. The molecule has 1 aromatic rings. The van der Waals surface area contributed by atoms with Crippen LogP contribution in [0.4, 0.5) is 0 Å². The van der Waals surface area contributed by atoms with Gasteiger partial charge >= 0.3 is 0 Å². The molecule has 1 aliphatic rings. The predicted octanol–water partition coefficient (Wildman–Crippen LogP) is -0.586. The van der Waals surface area contributed by atoms with E-state index in [1.165, 1.54) is 6.42 Å². The molecule has 1 unspecified atom stereocenters. The molecule has 0 bridgehead atoms. The van der Waals surface area contributed by atoms with E-state index in [1.54, 1.807) is 4.90 Å². The third kappa shape index (κ3) is 2.35. The predicted molar refractivity (Wildman–Crippen MR) is 56.8 cm³/mol. The van der Waals surface area contributed by atoms with Crippen molar-refractivity contribution < 1.29 is 4.79 Å². The maximum Gasteiger partial charge on any atom is 0.295 e. The molecule has 0 aliphatic carbocycles. The number of H-pyrrole nitrogens is 1. The molecule has 1 aliphatic heterocycles. The van der Waals surface area contributed by atoms with Crippen molar-refractivity contribution in [3.05, 3.63) is 5.82 Å². The number of likely N-dealkylation sites (N-methyl/N-ethyl adjacent to an activating group) is 1. The van der Waals surface area contributed by atoms with Gasteiger partial charge in [0.25, 0.3) is 11.7 Å². The van der Waals surface area contributed by atoms with Crippen molar-refractivity contribution in [1.82, 2.24) is 30.8 Å². The maximum atomic E-state index is 11.9. The summed E-state index contributed by atoms with van der Waals surface area (Å²) in [6.45, 7) is 4.36. The van der Waals surface area contributed by atoms with Gasteiger partial charge in [-0.1, -0.05) is 0 Å². The summed E-state index contributed by atoms with van der Waals surface area (Å²) in [6, 6.07) is 0.399. The number of hydrogen-bond donors (Lipinski definition) is 2. The molecule has 16 heavy (non-hydrogen) atoms. The number of carbonyl (C=O) groups is 1. The summed E-state index contributed by atoms with van der Waals surface area (Å²) in [5.74, 6) is -0.0233. The van der Waals surface area contributed by atoms with Crippen LogP contribution in [0, 0.1) is 0 Å². The normalized spacial score (nSPS) is 19.9. The quantitative estimate of drug-likeness (QED) is 0.714. The van der Waals surface area contributed by atoms with E-state index in [9.17, 15) is 4.79 Å². The largest absolute Gasteiger partial charge is 0.335 e. The van der Waals surface area contributed by atoms with E-state index in [4.69, 9.17) is 0 Å². The smallest absolute Gasteiger partial charge is 0.295 e. The Kier molecular flexibility index (Phi) is 3.45. The number of nitrogens with one attached hydrogen (secondary N) is 2. The molecule has 2 N–H and O–H groups in total. The van der Waals surface area contributed by atoms with Gasteiger partial charge in [0, 0.05) is 19.1 Å². The molecular weight excluding hydrogens is 208 g/mol. The van der Waals surface area contributed by atoms with Crippen molar-refractivity contribution in [1.29, 1.82) is 0 Å². The van der Waals surface area contributed by atoms with E-state index >= 15 is 0 Å². The lowest BCUT2D eigenvalue weighted by Crippen LogP contribution is -2.41. The van der Waals surface area contributed by atoms with Gasteiger partial charge in [-0.25, -0.2) is 0 Å². The highest BCUT2D eigenvalue weighted by molar-refractivity contribution is 5.90. The monoisotopic (exact) mass is 224 g/mol. The Hall–Kier alpha value is -1.50. The second kappa shape index (κ2) is 5.02. The summed E-state index contributed by atoms with van der Waals surface area (Å²) in [7, 11) is 0. The van der Waals surface area contributed by atoms with Crippen LogP contribution >= 0.6 is 0 Å². The second-order valence-corrected chi connectivity index (χ2v) is 3.87. The van der Waals surface area contributed by atoms with Gasteiger partial charge in [-0.05, 0) is 31.5 Å². The van der Waals surface area contributed by atoms with E-state index in [-0.39, 0.29) is 11.7 Å². The number of hydrogen-bond acceptors (Lipinski definition) is 5. The van der Waals surface area contributed by atoms with E-state index in [1.807, 2.05) is 6.92 Å². The van der Waals surface area contributed by atoms with E-state index in [2.05, 4.69) is 25.9 Å². The third-order valence-corrected chi connectivity index (χ3v) is 2.81. The van der Waals surface area contributed by atoms with Gasteiger partial charge in [-0.15, -0.1) is 10.2 Å². The Morgan fingerprint density at radius 2 is 2.50 bits per heavy atom. The first kappa shape index (κ1) is 11.0. The Bertz CT molecular complexity index is 332. The molecule has 7 heteroatoms. The molecule has 0 saturated carbocycles. The van der Waals surface area contributed by atoms with Crippen LogP contribution in [0.5, 0.6) is 0 Å². The molecule has 0 aromatic carbocycles. The van der Waals surface area contributed by atoms with E-state index in [0.29, 0.717) is 19.1 Å². The lowest BCUT2D eigenvalue weighted by Gasteiger charge is -2.22. The minimum atomic E-state index is -0.162. The summed E-state index contributed by atoms with van der Waals surface area (Å²) in [6.07, 6.45) is 2.30. The number of amides is 1. The first-order valence-electron chi connectivity index (χ1n) is 5.57. The van der Waals surface area contributed by atoms with Crippen LogP contribution in [0.2, 0.25) is 0 Å². The highest BCUT2D eigenvalue weighted by atomic mass is 16.2. The molecule has 1 amide bonds. The van der Waals surface area contributed by atoms with Crippen LogP contribution in [0.3, 0.4) is 0 Å². The van der Waals surface area contributed by atoms with Crippen molar-refractivity contribution in [2.24, 2.45) is 0 Å². The zero-order valence-electron chi connectivity index (χ0n) is 9.31. The molecule has 1 fully saturated rings. The van der Waals surface area contributed by atoms with Gasteiger partial charge in [-0.2, -0.15) is 5.21 Å². The van der Waals surface area contributed by atoms with Crippen LogP contribution in [-0.4, -0.2) is 57.1 Å². The summed E-state index contributed by atoms with van der Waals surface area (Å²) >= 11 is 0. The van der Waals surface area contributed by atoms with Crippen LogP contribution < -0.4 is 5.32 Å². The molecule has 0 radical (unpaired) electrons. The third-order valence-electron chi connectivity index (χ3n) is 2.81. The standard InChI is InChI=1S/C9H16N6O/c1-2-15(6-7-4-3-5-10-7)9(16)8-11-13-14-12-8/h7,10H,2-6H2,1H3,(H,11,12,13,14). The van der Waals surface area contributed by atoms with Gasteiger partial charge in [0.05, 0.1) is 0 Å². The van der Waals surface area contributed by atoms with Gasteiger partial charge in [0.2, 0.25) is 0 Å². The van der Waals surface area contributed by atoms with Crippen molar-refractivity contribution in [3.8, 4) is 0 Å². The van der Waals surface area contributed by atoms with Crippen LogP contribution in [0.1, 0.15) is 30.4 Å². The molecule has 1 atom stereocenters. The minimum Gasteiger partial charge on any atom is -0.335 e. The topological polar surface area (TPSA) is 86.8 Å². The highest BCUT2D eigenvalue weighted by Crippen LogP contribution is 2.08. The van der Waals surface area contributed by atoms with Crippen molar-refractivity contribution in [3.63, 3.8) is 0 Å². The fourth-order valence-electron chi connectivity index (χ4n) is 1.93. The zero-order valence-corrected chi connectivity index (χ0v) is 9.31. The average Bonchev–Trinajstić information content (AvgIpc) is 2.97. The van der Waals surface area contributed by atoms with Gasteiger partial charge < -0.3 is 10.2 Å². The maximum absolute atomic E-state index is 11.9. The summed E-state index contributed by atoms with van der Waals surface area (Å²) in [4.78, 5) is 13.7. The second-order valence-electron chi connectivity index (χ2n) is 3.87. The van der Waals surface area contributed by atoms with Crippen molar-refractivity contribution in [2.45, 2.75) is 25.8 Å². The first-order chi connectivity index (χ1) is 7.81. The lowest BCUT2D eigenvalue weighted by atomic mass is 10.2. The van der Waals surface area contributed by atoms with Crippen LogP contribution in [-0.2, 0) is 0 Å². The van der Waals surface area contributed by atoms with Crippen molar-refractivity contribution in [2.75, 3.05) is 19.6 Å². The first-order valence-corrected chi connectivity index (χ1v) is 5.57. The van der Waals surface area contributed by atoms with Gasteiger partial charge in [-0.3, -0.25) is 4.79 Å². The number of rotatable bonds is 4. The number of nitrogens with zero attached hydrogens (tertiary/aromatic N) is 4. The molecule has 7 nitrogen and oxygen atoms in total. The molecular formula is C9H16N6O. The van der Waals surface area contributed by atoms with Crippen molar-refractivity contribution >= 4 is 5.91 Å². The molecule has 2 rings (SSSR count). The Morgan fingerprint density at radius 3 is 3.06 bits per heavy atom. The number of carbonyl (C=O) groups excluding carboxylic acids is 1. The number of aromatic nitrogens is 4. The van der Waals surface area contributed by atoms with E-state index in [0.717, 1.165) is 13.0 Å².